The molecule has 1 unspecified atom stereocenters. The Morgan fingerprint density at radius 1 is 1.39 bits per heavy atom. The molecule has 1 aromatic carbocycles. The second-order valence-corrected chi connectivity index (χ2v) is 4.95. The normalized spacial score (nSPS) is 11.4. The summed E-state index contributed by atoms with van der Waals surface area (Å²) in [4.78, 5) is 16.1. The van der Waals surface area contributed by atoms with Gasteiger partial charge in [-0.25, -0.2) is 4.98 Å². The molecule has 0 bridgehead atoms. The minimum atomic E-state index is -0.478. The van der Waals surface area contributed by atoms with Gasteiger partial charge in [0.15, 0.2) is 5.82 Å². The highest BCUT2D eigenvalue weighted by molar-refractivity contribution is 5.85. The number of H-pyrrole nitrogens is 1. The highest BCUT2D eigenvalue weighted by Gasteiger charge is 2.13. The summed E-state index contributed by atoms with van der Waals surface area (Å²) in [7, 11) is 1.62. The number of aromatic amines is 1. The van der Waals surface area contributed by atoms with E-state index in [1.54, 1.807) is 7.11 Å². The first-order valence-corrected chi connectivity index (χ1v) is 7.23. The van der Waals surface area contributed by atoms with Gasteiger partial charge in [0.2, 0.25) is 5.91 Å². The van der Waals surface area contributed by atoms with Crippen LogP contribution in [0.3, 0.4) is 0 Å². The minimum absolute atomic E-state index is 0. The van der Waals surface area contributed by atoms with Crippen molar-refractivity contribution in [2.24, 2.45) is 5.73 Å². The predicted molar refractivity (Wildman–Crippen MR) is 90.3 cm³/mol. The molecule has 1 heterocycles. The van der Waals surface area contributed by atoms with Gasteiger partial charge in [-0.2, -0.15) is 5.10 Å². The van der Waals surface area contributed by atoms with E-state index in [0.717, 1.165) is 17.7 Å². The number of carbonyl (C=O) groups excluding carboxylic acids is 1. The number of halogens is 1. The summed E-state index contributed by atoms with van der Waals surface area (Å²) in [5, 5.41) is 9.70. The van der Waals surface area contributed by atoms with Gasteiger partial charge in [0.25, 0.3) is 0 Å². The number of rotatable bonds is 7. The summed E-state index contributed by atoms with van der Waals surface area (Å²) in [5.74, 6) is 1.76. The Kier molecular flexibility index (Phi) is 7.50. The van der Waals surface area contributed by atoms with Crippen molar-refractivity contribution in [3.05, 3.63) is 30.1 Å². The Labute approximate surface area is 141 Å². The molecule has 0 saturated heterocycles. The van der Waals surface area contributed by atoms with Crippen LogP contribution in [-0.2, 0) is 11.3 Å². The number of ether oxygens (including phenoxy) is 1. The first-order valence-electron chi connectivity index (χ1n) is 7.23. The maximum Gasteiger partial charge on any atom is 0.237 e. The molecule has 7 nitrogen and oxygen atoms in total. The average molecular weight is 340 g/mol. The molecule has 0 radical (unpaired) electrons. The third-order valence-corrected chi connectivity index (χ3v) is 3.25. The molecule has 1 amide bonds. The Balaban J connectivity index is 0.00000264. The SMILES string of the molecule is CCCC(N)C(=O)NCc1nc(-c2ccc(OC)cc2)n[nH]1.Cl. The van der Waals surface area contributed by atoms with Crippen molar-refractivity contribution in [2.45, 2.75) is 32.4 Å². The van der Waals surface area contributed by atoms with Crippen LogP contribution in [0.25, 0.3) is 11.4 Å². The Hall–Kier alpha value is -2.12. The summed E-state index contributed by atoms with van der Waals surface area (Å²) in [6.07, 6.45) is 1.54. The number of hydrogen-bond acceptors (Lipinski definition) is 5. The van der Waals surface area contributed by atoms with Crippen LogP contribution in [0.4, 0.5) is 0 Å². The first-order chi connectivity index (χ1) is 10.6. The quantitative estimate of drug-likeness (QED) is 0.711. The van der Waals surface area contributed by atoms with Crippen molar-refractivity contribution >= 4 is 18.3 Å². The number of amides is 1. The van der Waals surface area contributed by atoms with Crippen LogP contribution in [0.15, 0.2) is 24.3 Å². The first kappa shape index (κ1) is 18.9. The van der Waals surface area contributed by atoms with Gasteiger partial charge in [0, 0.05) is 5.56 Å². The van der Waals surface area contributed by atoms with E-state index in [1.807, 2.05) is 31.2 Å². The molecule has 1 aromatic heterocycles. The summed E-state index contributed by atoms with van der Waals surface area (Å²) >= 11 is 0. The lowest BCUT2D eigenvalue weighted by Gasteiger charge is -2.09. The van der Waals surface area contributed by atoms with Crippen molar-refractivity contribution in [1.29, 1.82) is 0 Å². The molecule has 0 aliphatic carbocycles. The Morgan fingerprint density at radius 2 is 2.09 bits per heavy atom. The maximum absolute atomic E-state index is 11.7. The molecule has 2 rings (SSSR count). The fourth-order valence-electron chi connectivity index (χ4n) is 1.99. The number of hydrogen-bond donors (Lipinski definition) is 3. The van der Waals surface area contributed by atoms with Crippen LogP contribution < -0.4 is 15.8 Å². The zero-order chi connectivity index (χ0) is 15.9. The number of aromatic nitrogens is 3. The number of nitrogens with two attached hydrogens (primary N) is 1. The van der Waals surface area contributed by atoms with E-state index in [0.29, 0.717) is 18.1 Å². The third-order valence-electron chi connectivity index (χ3n) is 3.25. The van der Waals surface area contributed by atoms with Crippen molar-refractivity contribution in [2.75, 3.05) is 7.11 Å². The van der Waals surface area contributed by atoms with Crippen molar-refractivity contribution in [3.8, 4) is 17.1 Å². The van der Waals surface area contributed by atoms with Gasteiger partial charge in [0.05, 0.1) is 19.7 Å². The van der Waals surface area contributed by atoms with Crippen LogP contribution in [-0.4, -0.2) is 34.2 Å². The summed E-state index contributed by atoms with van der Waals surface area (Å²) < 4.78 is 5.11. The van der Waals surface area contributed by atoms with Crippen LogP contribution in [0.5, 0.6) is 5.75 Å². The molecule has 1 atom stereocenters. The molecule has 0 saturated carbocycles. The summed E-state index contributed by atoms with van der Waals surface area (Å²) in [5.41, 5.74) is 6.62. The lowest BCUT2D eigenvalue weighted by atomic mass is 10.2. The van der Waals surface area contributed by atoms with Gasteiger partial charge in [-0.05, 0) is 30.7 Å². The monoisotopic (exact) mass is 339 g/mol. The van der Waals surface area contributed by atoms with Gasteiger partial charge in [-0.3, -0.25) is 9.89 Å². The topological polar surface area (TPSA) is 106 Å². The minimum Gasteiger partial charge on any atom is -0.497 e. The molecular formula is C15H22ClN5O2. The zero-order valence-electron chi connectivity index (χ0n) is 13.2. The Morgan fingerprint density at radius 3 is 2.70 bits per heavy atom. The summed E-state index contributed by atoms with van der Waals surface area (Å²) in [6.45, 7) is 2.27. The fourth-order valence-corrected chi connectivity index (χ4v) is 1.99. The molecule has 8 heteroatoms. The van der Waals surface area contributed by atoms with Gasteiger partial charge in [0.1, 0.15) is 11.6 Å². The molecule has 0 aliphatic heterocycles. The lowest BCUT2D eigenvalue weighted by Crippen LogP contribution is -2.40. The molecule has 4 N–H and O–H groups in total. The van der Waals surface area contributed by atoms with Crippen LogP contribution in [0, 0.1) is 0 Å². The highest BCUT2D eigenvalue weighted by Crippen LogP contribution is 2.18. The van der Waals surface area contributed by atoms with E-state index in [4.69, 9.17) is 10.5 Å². The maximum atomic E-state index is 11.7. The van der Waals surface area contributed by atoms with Gasteiger partial charge in [-0.1, -0.05) is 13.3 Å². The van der Waals surface area contributed by atoms with Crippen LogP contribution >= 0.6 is 12.4 Å². The summed E-state index contributed by atoms with van der Waals surface area (Å²) in [6, 6.07) is 6.96. The predicted octanol–water partition coefficient (Wildman–Crippen LogP) is 1.65. The molecule has 2 aromatic rings. The second kappa shape index (κ2) is 9.12. The molecule has 23 heavy (non-hydrogen) atoms. The van der Waals surface area contributed by atoms with E-state index in [1.165, 1.54) is 0 Å². The standard InChI is InChI=1S/C15H21N5O2.ClH/c1-3-4-12(16)15(21)17-9-13-18-14(20-19-13)10-5-7-11(22-2)8-6-10;/h5-8,12H,3-4,9,16H2,1-2H3,(H,17,21)(H,18,19,20);1H. The molecule has 0 fully saturated rings. The zero-order valence-corrected chi connectivity index (χ0v) is 14.0. The average Bonchev–Trinajstić information content (AvgIpc) is 3.02. The van der Waals surface area contributed by atoms with Gasteiger partial charge >= 0.3 is 0 Å². The molecule has 0 aliphatic rings. The van der Waals surface area contributed by atoms with Crippen LogP contribution in [0.1, 0.15) is 25.6 Å². The van der Waals surface area contributed by atoms with E-state index in [-0.39, 0.29) is 24.9 Å². The van der Waals surface area contributed by atoms with Crippen molar-refractivity contribution in [3.63, 3.8) is 0 Å². The number of carbonyl (C=O) groups is 1. The number of methoxy groups -OCH3 is 1. The second-order valence-electron chi connectivity index (χ2n) is 4.95. The molecule has 126 valence electrons. The number of nitrogens with one attached hydrogen (secondary N) is 2. The molecular weight excluding hydrogens is 318 g/mol. The van der Waals surface area contributed by atoms with Gasteiger partial charge < -0.3 is 15.8 Å². The molecule has 0 spiro atoms. The van der Waals surface area contributed by atoms with Crippen LogP contribution in [0.2, 0.25) is 0 Å². The van der Waals surface area contributed by atoms with E-state index >= 15 is 0 Å². The lowest BCUT2D eigenvalue weighted by molar-refractivity contribution is -0.122. The van der Waals surface area contributed by atoms with E-state index in [2.05, 4.69) is 20.5 Å². The van der Waals surface area contributed by atoms with Gasteiger partial charge in [-0.15, -0.1) is 12.4 Å². The van der Waals surface area contributed by atoms with E-state index in [9.17, 15) is 4.79 Å². The van der Waals surface area contributed by atoms with Crippen molar-refractivity contribution < 1.29 is 9.53 Å². The smallest absolute Gasteiger partial charge is 0.237 e. The number of benzene rings is 1. The Bertz CT molecular complexity index is 615. The number of nitrogens with zero attached hydrogens (tertiary/aromatic N) is 2. The van der Waals surface area contributed by atoms with Crippen molar-refractivity contribution in [1.82, 2.24) is 20.5 Å². The largest absolute Gasteiger partial charge is 0.497 e. The fraction of sp³-hybridized carbons (Fsp3) is 0.400. The van der Waals surface area contributed by atoms with E-state index < -0.39 is 6.04 Å². The third kappa shape index (κ3) is 5.22. The highest BCUT2D eigenvalue weighted by atomic mass is 35.5.